The third-order valence-corrected chi connectivity index (χ3v) is 5.73. The van der Waals surface area contributed by atoms with Crippen LogP contribution in [0.1, 0.15) is 46.8 Å². The van der Waals surface area contributed by atoms with Gasteiger partial charge < -0.3 is 4.42 Å². The summed E-state index contributed by atoms with van der Waals surface area (Å²) < 4.78 is 5.33. The van der Waals surface area contributed by atoms with Crippen LogP contribution in [0.3, 0.4) is 0 Å². The highest BCUT2D eigenvalue weighted by molar-refractivity contribution is 7.16. The molecular weight excluding hydrogens is 308 g/mol. The second kappa shape index (κ2) is 6.49. The van der Waals surface area contributed by atoms with Crippen LogP contribution in [0, 0.1) is 19.8 Å². The van der Waals surface area contributed by atoms with E-state index < -0.39 is 0 Å². The van der Waals surface area contributed by atoms with E-state index in [1.54, 1.807) is 29.7 Å². The molecule has 0 atom stereocenters. The summed E-state index contributed by atoms with van der Waals surface area (Å²) in [5, 5.41) is 1.09. The summed E-state index contributed by atoms with van der Waals surface area (Å²) in [6, 6.07) is 3.50. The molecule has 3 rings (SSSR count). The van der Waals surface area contributed by atoms with Crippen LogP contribution in [0.25, 0.3) is 0 Å². The lowest BCUT2D eigenvalue weighted by Gasteiger charge is -2.35. The first kappa shape index (κ1) is 16.3. The molecule has 124 valence electrons. The number of nitrogens with zero attached hydrogens (tertiary/aromatic N) is 2. The van der Waals surface area contributed by atoms with Crippen molar-refractivity contribution < 1.29 is 9.21 Å². The summed E-state index contributed by atoms with van der Waals surface area (Å²) in [4.78, 5) is 18.4. The van der Waals surface area contributed by atoms with Crippen molar-refractivity contribution in [2.24, 2.45) is 5.92 Å². The first-order valence-corrected chi connectivity index (χ1v) is 8.95. The summed E-state index contributed by atoms with van der Waals surface area (Å²) in [5.41, 5.74) is 2.61. The van der Waals surface area contributed by atoms with Crippen molar-refractivity contribution in [1.82, 2.24) is 4.90 Å². The van der Waals surface area contributed by atoms with E-state index in [0.29, 0.717) is 18.3 Å². The van der Waals surface area contributed by atoms with Gasteiger partial charge >= 0.3 is 0 Å². The van der Waals surface area contributed by atoms with Crippen LogP contribution in [0.15, 0.2) is 22.8 Å². The quantitative estimate of drug-likeness (QED) is 0.831. The SMILES string of the molecule is Cc1sc2c(c1C)CN(CCC(C)C)CN2C(=O)c1ccco1. The highest BCUT2D eigenvalue weighted by Crippen LogP contribution is 2.39. The van der Waals surface area contributed by atoms with Crippen LogP contribution in [0.2, 0.25) is 0 Å². The number of hydrogen-bond donors (Lipinski definition) is 0. The summed E-state index contributed by atoms with van der Waals surface area (Å²) in [6.45, 7) is 11.3. The summed E-state index contributed by atoms with van der Waals surface area (Å²) >= 11 is 1.71. The van der Waals surface area contributed by atoms with Gasteiger partial charge in [0.25, 0.3) is 5.91 Å². The standard InChI is InChI=1S/C18H24N2O2S/c1-12(2)7-8-19-10-15-13(3)14(4)23-18(15)20(11-19)17(21)16-6-5-9-22-16/h5-6,9,12H,7-8,10-11H2,1-4H3. The zero-order valence-corrected chi connectivity index (χ0v) is 15.1. The lowest BCUT2D eigenvalue weighted by atomic mass is 10.1. The van der Waals surface area contributed by atoms with E-state index in [4.69, 9.17) is 4.42 Å². The molecular formula is C18H24N2O2S. The minimum atomic E-state index is -0.0493. The number of hydrogen-bond acceptors (Lipinski definition) is 4. The Kier molecular flexibility index (Phi) is 4.60. The van der Waals surface area contributed by atoms with Gasteiger partial charge in [-0.1, -0.05) is 13.8 Å². The Morgan fingerprint density at radius 3 is 2.83 bits per heavy atom. The van der Waals surface area contributed by atoms with Gasteiger partial charge in [0.05, 0.1) is 12.9 Å². The molecule has 0 bridgehead atoms. The van der Waals surface area contributed by atoms with Gasteiger partial charge in [-0.05, 0) is 43.9 Å². The van der Waals surface area contributed by atoms with E-state index in [0.717, 1.165) is 24.5 Å². The van der Waals surface area contributed by atoms with E-state index in [-0.39, 0.29) is 5.91 Å². The molecule has 1 aliphatic heterocycles. The zero-order valence-electron chi connectivity index (χ0n) is 14.3. The number of rotatable bonds is 4. The smallest absolute Gasteiger partial charge is 0.295 e. The summed E-state index contributed by atoms with van der Waals surface area (Å²) in [5.74, 6) is 1.02. The Bertz CT molecular complexity index is 688. The zero-order chi connectivity index (χ0) is 16.6. The Balaban J connectivity index is 1.91. The fraction of sp³-hybridized carbons (Fsp3) is 0.500. The fourth-order valence-corrected chi connectivity index (χ4v) is 4.04. The maximum absolute atomic E-state index is 12.8. The topological polar surface area (TPSA) is 36.7 Å². The maximum Gasteiger partial charge on any atom is 0.295 e. The molecule has 0 spiro atoms. The van der Waals surface area contributed by atoms with Crippen molar-refractivity contribution in [2.75, 3.05) is 18.1 Å². The number of amides is 1. The number of thiophene rings is 1. The number of furan rings is 1. The van der Waals surface area contributed by atoms with Crippen LogP contribution in [-0.4, -0.2) is 24.0 Å². The summed E-state index contributed by atoms with van der Waals surface area (Å²) in [7, 11) is 0. The summed E-state index contributed by atoms with van der Waals surface area (Å²) in [6.07, 6.45) is 2.69. The molecule has 2 aromatic rings. The van der Waals surface area contributed by atoms with E-state index in [9.17, 15) is 4.79 Å². The van der Waals surface area contributed by atoms with E-state index in [1.807, 2.05) is 4.90 Å². The van der Waals surface area contributed by atoms with Gasteiger partial charge in [0.15, 0.2) is 5.76 Å². The van der Waals surface area contributed by atoms with Gasteiger partial charge in [-0.15, -0.1) is 11.3 Å². The normalized spacial score (nSPS) is 15.3. The van der Waals surface area contributed by atoms with Crippen LogP contribution in [0.5, 0.6) is 0 Å². The largest absolute Gasteiger partial charge is 0.459 e. The van der Waals surface area contributed by atoms with E-state index in [2.05, 4.69) is 32.6 Å². The third kappa shape index (κ3) is 3.21. The average Bonchev–Trinajstić information content (AvgIpc) is 3.14. The molecule has 3 heterocycles. The van der Waals surface area contributed by atoms with Crippen LogP contribution < -0.4 is 4.90 Å². The van der Waals surface area contributed by atoms with Crippen LogP contribution in [0.4, 0.5) is 5.00 Å². The number of aryl methyl sites for hydroxylation is 1. The molecule has 0 N–H and O–H groups in total. The van der Waals surface area contributed by atoms with Crippen molar-refractivity contribution in [3.63, 3.8) is 0 Å². The highest BCUT2D eigenvalue weighted by Gasteiger charge is 2.32. The van der Waals surface area contributed by atoms with Gasteiger partial charge in [-0.2, -0.15) is 0 Å². The first-order valence-electron chi connectivity index (χ1n) is 8.14. The predicted molar refractivity (Wildman–Crippen MR) is 94.0 cm³/mol. The lowest BCUT2D eigenvalue weighted by Crippen LogP contribution is -2.45. The second-order valence-corrected chi connectivity index (χ2v) is 7.86. The van der Waals surface area contributed by atoms with Gasteiger partial charge in [0, 0.05) is 23.5 Å². The molecule has 23 heavy (non-hydrogen) atoms. The lowest BCUT2D eigenvalue weighted by molar-refractivity contribution is 0.0931. The molecule has 1 aliphatic rings. The van der Waals surface area contributed by atoms with Crippen molar-refractivity contribution in [3.05, 3.63) is 40.2 Å². The molecule has 0 saturated heterocycles. The first-order chi connectivity index (χ1) is 11.0. The predicted octanol–water partition coefficient (Wildman–Crippen LogP) is 4.42. The fourth-order valence-electron chi connectivity index (χ4n) is 2.88. The van der Waals surface area contributed by atoms with Gasteiger partial charge in [0.1, 0.15) is 5.00 Å². The molecule has 5 heteroatoms. The minimum Gasteiger partial charge on any atom is -0.459 e. The Morgan fingerprint density at radius 2 is 2.17 bits per heavy atom. The molecule has 0 aromatic carbocycles. The van der Waals surface area contributed by atoms with Gasteiger partial charge in [0.2, 0.25) is 0 Å². The number of fused-ring (bicyclic) bond motifs is 1. The number of carbonyl (C=O) groups excluding carboxylic acids is 1. The highest BCUT2D eigenvalue weighted by atomic mass is 32.1. The van der Waals surface area contributed by atoms with Crippen molar-refractivity contribution in [3.8, 4) is 0 Å². The van der Waals surface area contributed by atoms with Crippen molar-refractivity contribution in [2.45, 2.75) is 40.7 Å². The third-order valence-electron chi connectivity index (χ3n) is 4.46. The Hall–Kier alpha value is -1.59. The molecule has 1 amide bonds. The van der Waals surface area contributed by atoms with Gasteiger partial charge in [-0.25, -0.2) is 0 Å². The van der Waals surface area contributed by atoms with Gasteiger partial charge in [-0.3, -0.25) is 14.6 Å². The number of anilines is 1. The van der Waals surface area contributed by atoms with Crippen molar-refractivity contribution >= 4 is 22.2 Å². The molecule has 2 aromatic heterocycles. The van der Waals surface area contributed by atoms with Crippen LogP contribution in [-0.2, 0) is 6.54 Å². The molecule has 0 unspecified atom stereocenters. The molecule has 0 aliphatic carbocycles. The molecule has 0 fully saturated rings. The Morgan fingerprint density at radius 1 is 1.39 bits per heavy atom. The Labute approximate surface area is 141 Å². The molecule has 0 radical (unpaired) electrons. The van der Waals surface area contributed by atoms with E-state index in [1.165, 1.54) is 16.0 Å². The van der Waals surface area contributed by atoms with E-state index >= 15 is 0 Å². The van der Waals surface area contributed by atoms with Crippen molar-refractivity contribution in [1.29, 1.82) is 0 Å². The average molecular weight is 332 g/mol. The number of carbonyl (C=O) groups is 1. The second-order valence-electron chi connectivity index (χ2n) is 6.65. The minimum absolute atomic E-state index is 0.0493. The maximum atomic E-state index is 12.8. The molecule has 4 nitrogen and oxygen atoms in total. The molecule has 0 saturated carbocycles. The van der Waals surface area contributed by atoms with Crippen LogP contribution >= 0.6 is 11.3 Å². The monoisotopic (exact) mass is 332 g/mol.